The molecule has 2 saturated heterocycles. The predicted octanol–water partition coefficient (Wildman–Crippen LogP) is 5.52. The lowest BCUT2D eigenvalue weighted by Crippen LogP contribution is -2.55. The third-order valence-corrected chi connectivity index (χ3v) is 8.72. The van der Waals surface area contributed by atoms with Crippen LogP contribution < -0.4 is 9.64 Å². The highest BCUT2D eigenvalue weighted by Crippen LogP contribution is 2.37. The smallest absolute Gasteiger partial charge is 0.319 e. The Morgan fingerprint density at radius 1 is 1.14 bits per heavy atom. The van der Waals surface area contributed by atoms with Crippen molar-refractivity contribution >= 4 is 45.1 Å². The van der Waals surface area contributed by atoms with Gasteiger partial charge in [-0.05, 0) is 49.5 Å². The number of hydrogen-bond acceptors (Lipinski definition) is 8. The second kappa shape index (κ2) is 12.3. The highest BCUT2D eigenvalue weighted by atomic mass is 35.5. The number of ether oxygens (including phenoxy) is 1. The summed E-state index contributed by atoms with van der Waals surface area (Å²) in [6.07, 6.45) is 2.02. The average Bonchev–Trinajstić information content (AvgIpc) is 3.43. The number of pyridine rings is 1. The van der Waals surface area contributed by atoms with Gasteiger partial charge in [0.05, 0.1) is 24.0 Å². The number of carbonyl (C=O) groups excluding carboxylic acids is 1. The maximum absolute atomic E-state index is 15.9. The Bertz CT molecular complexity index is 1810. The minimum Gasteiger partial charge on any atom is -0.462 e. The molecule has 0 aliphatic carbocycles. The fraction of sp³-hybridized carbons (Fsp3) is 0.344. The van der Waals surface area contributed by atoms with Gasteiger partial charge in [-0.15, -0.1) is 0 Å². The fourth-order valence-corrected chi connectivity index (χ4v) is 6.39. The van der Waals surface area contributed by atoms with Crippen LogP contribution in [0.2, 0.25) is 5.02 Å². The van der Waals surface area contributed by atoms with Crippen LogP contribution in [0.1, 0.15) is 19.3 Å². The summed E-state index contributed by atoms with van der Waals surface area (Å²) in [6.45, 7) is 4.97. The van der Waals surface area contributed by atoms with Crippen molar-refractivity contribution in [1.29, 1.82) is 5.26 Å². The molecule has 2 aromatic carbocycles. The Morgan fingerprint density at radius 2 is 1.93 bits per heavy atom. The van der Waals surface area contributed by atoms with E-state index in [2.05, 4.69) is 32.5 Å². The van der Waals surface area contributed by atoms with E-state index in [0.717, 1.165) is 24.8 Å². The highest BCUT2D eigenvalue weighted by Gasteiger charge is 2.34. The summed E-state index contributed by atoms with van der Waals surface area (Å²) in [5.41, 5.74) is 1.36. The lowest BCUT2D eigenvalue weighted by atomic mass is 9.98. The van der Waals surface area contributed by atoms with E-state index in [1.807, 2.05) is 36.2 Å². The van der Waals surface area contributed by atoms with E-state index in [1.54, 1.807) is 18.2 Å². The number of nitriles is 1. The monoisotopic (exact) mass is 617 g/mol. The number of carbonyl (C=O) groups is 1. The molecule has 6 rings (SSSR count). The first-order valence-corrected chi connectivity index (χ1v) is 14.8. The van der Waals surface area contributed by atoms with Crippen molar-refractivity contribution in [2.45, 2.75) is 31.3 Å². The Hall–Kier alpha value is -4.40. The summed E-state index contributed by atoms with van der Waals surface area (Å²) < 4.78 is 35.8. The fourth-order valence-electron chi connectivity index (χ4n) is 6.11. The van der Waals surface area contributed by atoms with Gasteiger partial charge in [0, 0.05) is 41.6 Å². The van der Waals surface area contributed by atoms with E-state index in [0.29, 0.717) is 33.9 Å². The van der Waals surface area contributed by atoms with Crippen LogP contribution in [0, 0.1) is 17.3 Å². The molecule has 0 N–H and O–H groups in total. The molecule has 4 heterocycles. The number of likely N-dealkylation sites (tertiary alicyclic amines) is 1. The molecule has 226 valence electrons. The van der Waals surface area contributed by atoms with Gasteiger partial charge in [0.15, 0.2) is 11.6 Å². The van der Waals surface area contributed by atoms with Crippen molar-refractivity contribution in [3.8, 4) is 23.2 Å². The molecule has 0 spiro atoms. The Balaban J connectivity index is 1.45. The molecule has 2 aromatic heterocycles. The number of aromatic nitrogens is 3. The van der Waals surface area contributed by atoms with Crippen LogP contribution in [-0.2, 0) is 4.79 Å². The number of likely N-dealkylation sites (N-methyl/N-ethyl adjacent to an activating group) is 1. The first-order valence-electron chi connectivity index (χ1n) is 14.4. The summed E-state index contributed by atoms with van der Waals surface area (Å²) in [4.78, 5) is 31.5. The van der Waals surface area contributed by atoms with Crippen molar-refractivity contribution in [3.05, 3.63) is 65.8 Å². The second-order valence-electron chi connectivity index (χ2n) is 11.1. The number of halogens is 3. The Labute approximate surface area is 258 Å². The largest absolute Gasteiger partial charge is 0.462 e. The molecular formula is C32H30ClF2N7O2. The zero-order valence-corrected chi connectivity index (χ0v) is 24.9. The molecule has 2 aliphatic rings. The van der Waals surface area contributed by atoms with Gasteiger partial charge in [-0.2, -0.15) is 19.6 Å². The minimum absolute atomic E-state index is 0.0380. The molecule has 0 radical (unpaired) electrons. The van der Waals surface area contributed by atoms with Gasteiger partial charge in [-0.3, -0.25) is 4.79 Å². The Kier molecular flexibility index (Phi) is 8.29. The van der Waals surface area contributed by atoms with Gasteiger partial charge >= 0.3 is 6.01 Å². The normalized spacial score (nSPS) is 19.0. The zero-order valence-electron chi connectivity index (χ0n) is 24.1. The van der Waals surface area contributed by atoms with Gasteiger partial charge in [0.2, 0.25) is 5.95 Å². The van der Waals surface area contributed by atoms with Gasteiger partial charge in [0.25, 0.3) is 5.91 Å². The van der Waals surface area contributed by atoms with Crippen LogP contribution in [0.25, 0.3) is 32.9 Å². The van der Waals surface area contributed by atoms with E-state index in [4.69, 9.17) is 16.3 Å². The Morgan fingerprint density at radius 3 is 2.66 bits per heavy atom. The number of fused-ring (bicyclic) bond motifs is 2. The summed E-state index contributed by atoms with van der Waals surface area (Å²) in [7, 11) is 2.05. The average molecular weight is 618 g/mol. The molecule has 4 aromatic rings. The first-order chi connectivity index (χ1) is 21.2. The minimum atomic E-state index is -1.09. The van der Waals surface area contributed by atoms with E-state index in [1.165, 1.54) is 4.90 Å². The highest BCUT2D eigenvalue weighted by molar-refractivity contribution is 6.36. The van der Waals surface area contributed by atoms with Gasteiger partial charge in [0.1, 0.15) is 12.1 Å². The molecule has 44 heavy (non-hydrogen) atoms. The number of nitrogens with zero attached hydrogens (tertiary/aromatic N) is 7. The molecule has 2 unspecified atom stereocenters. The van der Waals surface area contributed by atoms with Gasteiger partial charge < -0.3 is 19.4 Å². The third-order valence-electron chi connectivity index (χ3n) is 8.41. The summed E-state index contributed by atoms with van der Waals surface area (Å²) >= 11 is 6.56. The number of hydrogen-bond donors (Lipinski definition) is 0. The lowest BCUT2D eigenvalue weighted by Gasteiger charge is -2.41. The van der Waals surface area contributed by atoms with Crippen molar-refractivity contribution in [2.24, 2.45) is 0 Å². The molecule has 1 amide bonds. The van der Waals surface area contributed by atoms with E-state index in [-0.39, 0.29) is 49.2 Å². The van der Waals surface area contributed by atoms with E-state index >= 15 is 4.39 Å². The van der Waals surface area contributed by atoms with Crippen LogP contribution in [0.4, 0.5) is 14.6 Å². The zero-order chi connectivity index (χ0) is 31.0. The van der Waals surface area contributed by atoms with E-state index in [9.17, 15) is 14.4 Å². The van der Waals surface area contributed by atoms with Crippen molar-refractivity contribution in [3.63, 3.8) is 0 Å². The molecule has 0 bridgehead atoms. The lowest BCUT2D eigenvalue weighted by molar-refractivity contribution is -0.131. The van der Waals surface area contributed by atoms with Crippen LogP contribution in [-0.4, -0.2) is 82.6 Å². The second-order valence-corrected chi connectivity index (χ2v) is 11.5. The predicted molar refractivity (Wildman–Crippen MR) is 165 cm³/mol. The summed E-state index contributed by atoms with van der Waals surface area (Å²) in [6, 6.07) is 14.4. The van der Waals surface area contributed by atoms with Crippen LogP contribution in [0.3, 0.4) is 0 Å². The number of benzene rings is 2. The first kappa shape index (κ1) is 29.7. The molecule has 0 saturated carbocycles. The molecule has 12 heteroatoms. The molecular weight excluding hydrogens is 588 g/mol. The number of piperazine rings is 1. The third kappa shape index (κ3) is 5.63. The van der Waals surface area contributed by atoms with Crippen molar-refractivity contribution < 1.29 is 18.3 Å². The topological polar surface area (TPSA) is 98.5 Å². The molecule has 9 nitrogen and oxygen atoms in total. The maximum atomic E-state index is 15.9. The number of rotatable bonds is 7. The SMILES string of the molecule is C=C(F)C(=O)N1CCN(c2nc(OCC3CCCN3C)nc3cc(-c4cccc5cccc(Cl)c45)c(F)nc23)CC1CC#N. The number of anilines is 1. The molecule has 2 aliphatic heterocycles. The van der Waals surface area contributed by atoms with Crippen LogP contribution in [0.5, 0.6) is 6.01 Å². The van der Waals surface area contributed by atoms with Gasteiger partial charge in [-0.25, -0.2) is 9.37 Å². The maximum Gasteiger partial charge on any atom is 0.319 e. The molecule has 2 fully saturated rings. The quantitative estimate of drug-likeness (QED) is 0.197. The van der Waals surface area contributed by atoms with Crippen molar-refractivity contribution in [2.75, 3.05) is 44.7 Å². The van der Waals surface area contributed by atoms with Gasteiger partial charge in [-0.1, -0.05) is 48.5 Å². The van der Waals surface area contributed by atoms with E-state index < -0.39 is 23.7 Å². The number of amides is 1. The van der Waals surface area contributed by atoms with Crippen LogP contribution in [0.15, 0.2) is 54.9 Å². The van der Waals surface area contributed by atoms with Crippen LogP contribution >= 0.6 is 11.6 Å². The van der Waals surface area contributed by atoms with Crippen molar-refractivity contribution in [1.82, 2.24) is 24.8 Å². The summed E-state index contributed by atoms with van der Waals surface area (Å²) in [5, 5.41) is 11.5. The molecule has 2 atom stereocenters. The standard InChI is InChI=1S/C32H30ClF2N7O2/c1-19(34)31(43)42-15-14-41(17-21(42)11-12-36)30-28-26(37-32(39-30)44-18-22-8-5-13-40(22)2)16-24(29(35)38-28)23-9-3-6-20-7-4-10-25(33)27(20)23/h3-4,6-7,9-10,16,21-22H,1,5,8,11,13-15,17-18H2,2H3. The summed E-state index contributed by atoms with van der Waals surface area (Å²) in [5.74, 6) is -2.37.